The number of anilines is 1. The predicted octanol–water partition coefficient (Wildman–Crippen LogP) is 2.18. The summed E-state index contributed by atoms with van der Waals surface area (Å²) in [7, 11) is 4.24. The summed E-state index contributed by atoms with van der Waals surface area (Å²) in [5.41, 5.74) is 1.34. The molecule has 1 unspecified atom stereocenters. The topological polar surface area (TPSA) is 18.5 Å². The van der Waals surface area contributed by atoms with Gasteiger partial charge in [0.15, 0.2) is 0 Å². The van der Waals surface area contributed by atoms with Crippen LogP contribution >= 0.6 is 15.9 Å². The standard InChI is InChI=1S/C14H22BrN3/c1-16-8-7-14-11-17(2)9-10-18(14)13-5-3-12(15)4-6-13/h3-6,14,16H,7-11H2,1-2H3. The Labute approximate surface area is 118 Å². The molecular weight excluding hydrogens is 290 g/mol. The molecule has 1 aromatic carbocycles. The lowest BCUT2D eigenvalue weighted by Crippen LogP contribution is -2.52. The summed E-state index contributed by atoms with van der Waals surface area (Å²) in [6, 6.07) is 9.28. The third kappa shape index (κ3) is 3.46. The average Bonchev–Trinajstić information content (AvgIpc) is 2.38. The monoisotopic (exact) mass is 311 g/mol. The quantitative estimate of drug-likeness (QED) is 0.919. The van der Waals surface area contributed by atoms with E-state index in [-0.39, 0.29) is 0 Å². The number of piperazine rings is 1. The highest BCUT2D eigenvalue weighted by Gasteiger charge is 2.24. The Hall–Kier alpha value is -0.580. The summed E-state index contributed by atoms with van der Waals surface area (Å²) < 4.78 is 1.15. The van der Waals surface area contributed by atoms with E-state index in [1.165, 1.54) is 12.1 Å². The minimum atomic E-state index is 0.609. The van der Waals surface area contributed by atoms with Gasteiger partial charge in [-0.2, -0.15) is 0 Å². The number of nitrogens with one attached hydrogen (secondary N) is 1. The number of likely N-dealkylation sites (N-methyl/N-ethyl adjacent to an activating group) is 1. The first-order valence-electron chi connectivity index (χ1n) is 6.56. The van der Waals surface area contributed by atoms with Gasteiger partial charge < -0.3 is 15.1 Å². The second kappa shape index (κ2) is 6.55. The Bertz CT molecular complexity index is 366. The van der Waals surface area contributed by atoms with Crippen LogP contribution in [0.3, 0.4) is 0 Å². The van der Waals surface area contributed by atoms with Crippen LogP contribution in [0.4, 0.5) is 5.69 Å². The van der Waals surface area contributed by atoms with E-state index < -0.39 is 0 Å². The van der Waals surface area contributed by atoms with Crippen LogP contribution in [0, 0.1) is 0 Å². The second-order valence-electron chi connectivity index (χ2n) is 4.98. The van der Waals surface area contributed by atoms with E-state index in [1.807, 2.05) is 7.05 Å². The molecule has 18 heavy (non-hydrogen) atoms. The van der Waals surface area contributed by atoms with E-state index in [0.717, 1.165) is 30.7 Å². The van der Waals surface area contributed by atoms with Gasteiger partial charge in [0.25, 0.3) is 0 Å². The molecule has 4 heteroatoms. The molecule has 1 heterocycles. The number of hydrogen-bond donors (Lipinski definition) is 1. The molecule has 1 aliphatic heterocycles. The van der Waals surface area contributed by atoms with E-state index in [4.69, 9.17) is 0 Å². The van der Waals surface area contributed by atoms with Crippen molar-refractivity contribution in [2.24, 2.45) is 0 Å². The molecule has 2 rings (SSSR count). The molecule has 1 saturated heterocycles. The Morgan fingerprint density at radius 2 is 2.00 bits per heavy atom. The minimum absolute atomic E-state index is 0.609. The molecule has 1 aromatic rings. The van der Waals surface area contributed by atoms with Crippen LogP contribution in [0.2, 0.25) is 0 Å². The van der Waals surface area contributed by atoms with Crippen LogP contribution in [0.25, 0.3) is 0 Å². The maximum Gasteiger partial charge on any atom is 0.0429 e. The average molecular weight is 312 g/mol. The maximum absolute atomic E-state index is 3.50. The van der Waals surface area contributed by atoms with E-state index in [2.05, 4.69) is 62.4 Å². The van der Waals surface area contributed by atoms with Crippen molar-refractivity contribution < 1.29 is 0 Å². The lowest BCUT2D eigenvalue weighted by atomic mass is 10.1. The van der Waals surface area contributed by atoms with Crippen molar-refractivity contribution in [3.63, 3.8) is 0 Å². The molecule has 3 nitrogen and oxygen atoms in total. The largest absolute Gasteiger partial charge is 0.366 e. The van der Waals surface area contributed by atoms with Gasteiger partial charge in [0, 0.05) is 35.8 Å². The minimum Gasteiger partial charge on any atom is -0.366 e. The van der Waals surface area contributed by atoms with Gasteiger partial charge in [-0.1, -0.05) is 15.9 Å². The molecule has 1 aliphatic rings. The van der Waals surface area contributed by atoms with E-state index in [9.17, 15) is 0 Å². The van der Waals surface area contributed by atoms with Crippen molar-refractivity contribution in [3.05, 3.63) is 28.7 Å². The fraction of sp³-hybridized carbons (Fsp3) is 0.571. The molecular formula is C14H22BrN3. The molecule has 1 atom stereocenters. The highest BCUT2D eigenvalue weighted by molar-refractivity contribution is 9.10. The Balaban J connectivity index is 2.09. The number of benzene rings is 1. The number of nitrogens with zero attached hydrogens (tertiary/aromatic N) is 2. The molecule has 0 radical (unpaired) electrons. The molecule has 0 saturated carbocycles. The second-order valence-corrected chi connectivity index (χ2v) is 5.89. The molecule has 1 N–H and O–H groups in total. The third-order valence-corrected chi connectivity index (χ3v) is 4.10. The first-order valence-corrected chi connectivity index (χ1v) is 7.35. The van der Waals surface area contributed by atoms with Gasteiger partial charge in [0.1, 0.15) is 0 Å². The fourth-order valence-electron chi connectivity index (χ4n) is 2.54. The first-order chi connectivity index (χ1) is 8.70. The van der Waals surface area contributed by atoms with Crippen LogP contribution in [-0.4, -0.2) is 51.2 Å². The first kappa shape index (κ1) is 13.8. The number of halogens is 1. The van der Waals surface area contributed by atoms with Gasteiger partial charge in [0.05, 0.1) is 0 Å². The molecule has 0 bridgehead atoms. The summed E-state index contributed by atoms with van der Waals surface area (Å²) in [6.07, 6.45) is 1.19. The summed E-state index contributed by atoms with van der Waals surface area (Å²) >= 11 is 3.50. The van der Waals surface area contributed by atoms with Crippen molar-refractivity contribution in [3.8, 4) is 0 Å². The Kier molecular flexibility index (Phi) is 5.03. The van der Waals surface area contributed by atoms with Crippen LogP contribution in [0.1, 0.15) is 6.42 Å². The number of hydrogen-bond acceptors (Lipinski definition) is 3. The molecule has 1 fully saturated rings. The summed E-state index contributed by atoms with van der Waals surface area (Å²) in [4.78, 5) is 4.97. The number of rotatable bonds is 4. The van der Waals surface area contributed by atoms with Crippen molar-refractivity contribution in [2.45, 2.75) is 12.5 Å². The van der Waals surface area contributed by atoms with Crippen molar-refractivity contribution >= 4 is 21.6 Å². The summed E-state index contributed by atoms with van der Waals surface area (Å²) in [6.45, 7) is 4.49. The zero-order chi connectivity index (χ0) is 13.0. The SMILES string of the molecule is CNCCC1CN(C)CCN1c1ccc(Br)cc1. The highest BCUT2D eigenvalue weighted by Crippen LogP contribution is 2.23. The Morgan fingerprint density at radius 1 is 1.28 bits per heavy atom. The van der Waals surface area contributed by atoms with Gasteiger partial charge >= 0.3 is 0 Å². The zero-order valence-electron chi connectivity index (χ0n) is 11.2. The van der Waals surface area contributed by atoms with Gasteiger partial charge in [0.2, 0.25) is 0 Å². The molecule has 100 valence electrons. The lowest BCUT2D eigenvalue weighted by Gasteiger charge is -2.41. The van der Waals surface area contributed by atoms with Crippen LogP contribution in [0.5, 0.6) is 0 Å². The van der Waals surface area contributed by atoms with Gasteiger partial charge in [-0.3, -0.25) is 0 Å². The smallest absolute Gasteiger partial charge is 0.0429 e. The van der Waals surface area contributed by atoms with Crippen LogP contribution in [0.15, 0.2) is 28.7 Å². The van der Waals surface area contributed by atoms with Gasteiger partial charge in [-0.05, 0) is 51.3 Å². The van der Waals surface area contributed by atoms with Crippen molar-refractivity contribution in [1.82, 2.24) is 10.2 Å². The van der Waals surface area contributed by atoms with Crippen LogP contribution < -0.4 is 10.2 Å². The summed E-state index contributed by atoms with van der Waals surface area (Å²) in [5, 5.41) is 3.26. The lowest BCUT2D eigenvalue weighted by molar-refractivity contribution is 0.260. The fourth-order valence-corrected chi connectivity index (χ4v) is 2.81. The van der Waals surface area contributed by atoms with Crippen LogP contribution in [-0.2, 0) is 0 Å². The summed E-state index contributed by atoms with van der Waals surface area (Å²) in [5.74, 6) is 0. The van der Waals surface area contributed by atoms with E-state index in [0.29, 0.717) is 6.04 Å². The van der Waals surface area contributed by atoms with Crippen molar-refractivity contribution in [1.29, 1.82) is 0 Å². The van der Waals surface area contributed by atoms with Gasteiger partial charge in [-0.25, -0.2) is 0 Å². The molecule has 0 amide bonds. The Morgan fingerprint density at radius 3 is 2.67 bits per heavy atom. The molecule has 0 aliphatic carbocycles. The highest BCUT2D eigenvalue weighted by atomic mass is 79.9. The van der Waals surface area contributed by atoms with E-state index in [1.54, 1.807) is 0 Å². The third-order valence-electron chi connectivity index (χ3n) is 3.57. The zero-order valence-corrected chi connectivity index (χ0v) is 12.8. The van der Waals surface area contributed by atoms with Crippen molar-refractivity contribution in [2.75, 3.05) is 45.2 Å². The van der Waals surface area contributed by atoms with Gasteiger partial charge in [-0.15, -0.1) is 0 Å². The molecule has 0 spiro atoms. The predicted molar refractivity (Wildman–Crippen MR) is 81.3 cm³/mol. The normalized spacial score (nSPS) is 21.3. The van der Waals surface area contributed by atoms with E-state index >= 15 is 0 Å². The molecule has 0 aromatic heterocycles. The maximum atomic E-state index is 3.50.